The number of rotatable bonds is 1. The van der Waals surface area contributed by atoms with Crippen LogP contribution in [0.5, 0.6) is 0 Å². The van der Waals surface area contributed by atoms with Crippen molar-refractivity contribution in [1.82, 2.24) is 10.1 Å². The first kappa shape index (κ1) is 11.4. The van der Waals surface area contributed by atoms with Crippen LogP contribution in [0.4, 0.5) is 17.6 Å². The first-order chi connectivity index (χ1) is 7.88. The van der Waals surface area contributed by atoms with E-state index in [-0.39, 0.29) is 0 Å². The van der Waals surface area contributed by atoms with Gasteiger partial charge in [-0.3, -0.25) is 9.51 Å². The third-order valence-corrected chi connectivity index (χ3v) is 1.99. The lowest BCUT2D eigenvalue weighted by Gasteiger charge is -2.07. The number of aromatic amines is 1. The number of nitrogens with zero attached hydrogens (tertiary/aromatic N) is 1. The van der Waals surface area contributed by atoms with Crippen LogP contribution in [0.2, 0.25) is 0 Å². The molecule has 1 aromatic carbocycles. The van der Waals surface area contributed by atoms with Crippen LogP contribution in [0.15, 0.2) is 27.5 Å². The van der Waals surface area contributed by atoms with Crippen LogP contribution in [0.1, 0.15) is 5.56 Å². The van der Waals surface area contributed by atoms with Gasteiger partial charge in [0, 0.05) is 0 Å². The Labute approximate surface area is 90.9 Å². The molecule has 0 bridgehead atoms. The van der Waals surface area contributed by atoms with E-state index in [1.54, 1.807) is 0 Å². The molecular weight excluding hydrogens is 244 g/mol. The zero-order valence-corrected chi connectivity index (χ0v) is 8.01. The Morgan fingerprint density at radius 3 is 2.53 bits per heavy atom. The van der Waals surface area contributed by atoms with E-state index in [4.69, 9.17) is 0 Å². The minimum absolute atomic E-state index is 0.390. The molecule has 90 valence electrons. The van der Waals surface area contributed by atoms with Gasteiger partial charge >= 0.3 is 11.9 Å². The topological polar surface area (TPSA) is 58.9 Å². The summed E-state index contributed by atoms with van der Waals surface area (Å²) >= 11 is 0. The third-order valence-electron chi connectivity index (χ3n) is 1.99. The van der Waals surface area contributed by atoms with E-state index < -0.39 is 34.7 Å². The average Bonchev–Trinajstić information content (AvgIpc) is 2.63. The van der Waals surface area contributed by atoms with Gasteiger partial charge in [-0.1, -0.05) is 5.16 Å². The molecule has 17 heavy (non-hydrogen) atoms. The summed E-state index contributed by atoms with van der Waals surface area (Å²) in [5, 5.41) is 3.12. The summed E-state index contributed by atoms with van der Waals surface area (Å²) in [6.07, 6.45) is -4.60. The first-order valence-corrected chi connectivity index (χ1v) is 4.31. The van der Waals surface area contributed by atoms with Gasteiger partial charge in [0.1, 0.15) is 5.82 Å². The fourth-order valence-corrected chi connectivity index (χ4v) is 1.23. The maximum absolute atomic E-state index is 13.3. The van der Waals surface area contributed by atoms with Crippen molar-refractivity contribution in [2.45, 2.75) is 6.18 Å². The molecule has 0 saturated carbocycles. The molecule has 1 N–H and O–H groups in total. The lowest BCUT2D eigenvalue weighted by atomic mass is 10.1. The summed E-state index contributed by atoms with van der Waals surface area (Å²) in [5.41, 5.74) is -1.52. The predicted octanol–water partition coefficient (Wildman–Crippen LogP) is 2.19. The standard InChI is InChI=1S/C9H4F4N2O2/c10-6-2-1-4(9(11,12)13)3-5(6)7-14-8(16)17-15-7/h1-3H,(H,14,15,16). The zero-order chi connectivity index (χ0) is 12.6. The quantitative estimate of drug-likeness (QED) is 0.787. The third kappa shape index (κ3) is 2.19. The second-order valence-corrected chi connectivity index (χ2v) is 3.14. The fourth-order valence-electron chi connectivity index (χ4n) is 1.23. The highest BCUT2D eigenvalue weighted by atomic mass is 19.4. The van der Waals surface area contributed by atoms with Crippen LogP contribution < -0.4 is 5.76 Å². The van der Waals surface area contributed by atoms with E-state index in [0.717, 1.165) is 0 Å². The summed E-state index contributed by atoms with van der Waals surface area (Å²) < 4.78 is 54.5. The minimum Gasteiger partial charge on any atom is -0.296 e. The second kappa shape index (κ2) is 3.72. The van der Waals surface area contributed by atoms with Crippen LogP contribution in [0.3, 0.4) is 0 Å². The molecule has 0 aliphatic rings. The van der Waals surface area contributed by atoms with Gasteiger partial charge in [-0.2, -0.15) is 13.2 Å². The molecule has 2 aromatic rings. The van der Waals surface area contributed by atoms with Gasteiger partial charge < -0.3 is 0 Å². The van der Waals surface area contributed by atoms with Crippen LogP contribution >= 0.6 is 0 Å². The van der Waals surface area contributed by atoms with Gasteiger partial charge in [-0.15, -0.1) is 0 Å². The molecule has 1 aromatic heterocycles. The van der Waals surface area contributed by atoms with Crippen molar-refractivity contribution in [3.05, 3.63) is 40.1 Å². The number of hydrogen-bond donors (Lipinski definition) is 1. The molecular formula is C9H4F4N2O2. The Morgan fingerprint density at radius 1 is 1.29 bits per heavy atom. The Bertz CT molecular complexity index is 600. The van der Waals surface area contributed by atoms with Gasteiger partial charge in [0.2, 0.25) is 0 Å². The van der Waals surface area contributed by atoms with E-state index >= 15 is 0 Å². The van der Waals surface area contributed by atoms with E-state index in [0.29, 0.717) is 18.2 Å². The number of aromatic nitrogens is 2. The van der Waals surface area contributed by atoms with E-state index in [2.05, 4.69) is 9.68 Å². The Kier molecular flexibility index (Phi) is 2.49. The van der Waals surface area contributed by atoms with Crippen molar-refractivity contribution >= 4 is 0 Å². The molecule has 0 saturated heterocycles. The van der Waals surface area contributed by atoms with Crippen molar-refractivity contribution in [2.24, 2.45) is 0 Å². The molecule has 0 spiro atoms. The second-order valence-electron chi connectivity index (χ2n) is 3.14. The number of halogens is 4. The number of hydrogen-bond acceptors (Lipinski definition) is 3. The lowest BCUT2D eigenvalue weighted by molar-refractivity contribution is -0.137. The van der Waals surface area contributed by atoms with Crippen molar-refractivity contribution in [3.8, 4) is 11.4 Å². The highest BCUT2D eigenvalue weighted by Crippen LogP contribution is 2.32. The highest BCUT2D eigenvalue weighted by molar-refractivity contribution is 5.56. The normalized spacial score (nSPS) is 11.8. The number of alkyl halides is 3. The fraction of sp³-hybridized carbons (Fsp3) is 0.111. The molecule has 1 heterocycles. The number of benzene rings is 1. The highest BCUT2D eigenvalue weighted by Gasteiger charge is 2.31. The van der Waals surface area contributed by atoms with Gasteiger partial charge in [0.25, 0.3) is 0 Å². The van der Waals surface area contributed by atoms with Gasteiger partial charge in [0.05, 0.1) is 11.1 Å². The molecule has 0 aliphatic carbocycles. The summed E-state index contributed by atoms with van der Waals surface area (Å²) in [6.45, 7) is 0. The Hall–Kier alpha value is -2.12. The predicted molar refractivity (Wildman–Crippen MR) is 47.5 cm³/mol. The van der Waals surface area contributed by atoms with Crippen LogP contribution in [0, 0.1) is 5.82 Å². The lowest BCUT2D eigenvalue weighted by Crippen LogP contribution is -2.06. The summed E-state index contributed by atoms with van der Waals surface area (Å²) in [6, 6.07) is 1.78. The number of H-pyrrole nitrogens is 1. The molecule has 0 fully saturated rings. The van der Waals surface area contributed by atoms with E-state index in [9.17, 15) is 22.4 Å². The van der Waals surface area contributed by atoms with Crippen LogP contribution in [-0.2, 0) is 6.18 Å². The average molecular weight is 248 g/mol. The maximum Gasteiger partial charge on any atom is 0.439 e. The number of nitrogens with one attached hydrogen (secondary N) is 1. The zero-order valence-electron chi connectivity index (χ0n) is 8.01. The van der Waals surface area contributed by atoms with Gasteiger partial charge in [-0.25, -0.2) is 9.18 Å². The molecule has 2 rings (SSSR count). The monoisotopic (exact) mass is 248 g/mol. The van der Waals surface area contributed by atoms with E-state index in [1.165, 1.54) is 0 Å². The maximum atomic E-state index is 13.3. The SMILES string of the molecule is O=c1[nH]c(-c2cc(C(F)(F)F)ccc2F)no1. The van der Waals surface area contributed by atoms with Crippen molar-refractivity contribution in [1.29, 1.82) is 0 Å². The Balaban J connectivity index is 2.58. The van der Waals surface area contributed by atoms with Crippen LogP contribution in [-0.4, -0.2) is 10.1 Å². The van der Waals surface area contributed by atoms with Crippen molar-refractivity contribution in [2.75, 3.05) is 0 Å². The van der Waals surface area contributed by atoms with Gasteiger partial charge in [0.15, 0.2) is 5.82 Å². The largest absolute Gasteiger partial charge is 0.439 e. The van der Waals surface area contributed by atoms with Crippen LogP contribution in [0.25, 0.3) is 11.4 Å². The molecule has 0 aliphatic heterocycles. The molecule has 4 nitrogen and oxygen atoms in total. The summed E-state index contributed by atoms with van der Waals surface area (Å²) in [7, 11) is 0. The molecule has 0 amide bonds. The van der Waals surface area contributed by atoms with Gasteiger partial charge in [-0.05, 0) is 18.2 Å². The molecule has 0 radical (unpaired) electrons. The first-order valence-electron chi connectivity index (χ1n) is 4.31. The van der Waals surface area contributed by atoms with Crippen molar-refractivity contribution in [3.63, 3.8) is 0 Å². The summed E-state index contributed by atoms with van der Waals surface area (Å²) in [4.78, 5) is 12.6. The molecule has 0 unspecified atom stereocenters. The van der Waals surface area contributed by atoms with E-state index in [1.807, 2.05) is 4.98 Å². The smallest absolute Gasteiger partial charge is 0.296 e. The summed E-state index contributed by atoms with van der Waals surface area (Å²) in [5.74, 6) is -2.31. The van der Waals surface area contributed by atoms with Crippen molar-refractivity contribution < 1.29 is 22.1 Å². The molecule has 0 atom stereocenters. The molecule has 8 heteroatoms. The Morgan fingerprint density at radius 2 is 2.00 bits per heavy atom. The minimum atomic E-state index is -4.60.